The Kier molecular flexibility index (Phi) is 37.9. The highest BCUT2D eigenvalue weighted by Gasteiger charge is 2.46. The van der Waals surface area contributed by atoms with Crippen molar-refractivity contribution in [3.8, 4) is 0 Å². The van der Waals surface area contributed by atoms with Gasteiger partial charge in [0, 0.05) is 12.8 Å². The molecule has 0 spiro atoms. The molecule has 1 rings (SSSR count). The molecule has 1 aliphatic heterocycles. The van der Waals surface area contributed by atoms with Crippen LogP contribution < -0.4 is 0 Å². The first-order chi connectivity index (χ1) is 30.5. The molecule has 0 saturated carbocycles. The normalized spacial score (nSPS) is 19.9. The van der Waals surface area contributed by atoms with Crippen molar-refractivity contribution in [1.82, 2.24) is 0 Å². The van der Waals surface area contributed by atoms with Crippen molar-refractivity contribution < 1.29 is 56.8 Å². The van der Waals surface area contributed by atoms with E-state index >= 15 is 0 Å². The van der Waals surface area contributed by atoms with Crippen molar-refractivity contribution >= 4 is 22.1 Å². The molecule has 0 aliphatic carbocycles. The van der Waals surface area contributed by atoms with Crippen LogP contribution in [-0.4, -0.2) is 96.0 Å². The van der Waals surface area contributed by atoms with E-state index in [0.717, 1.165) is 38.5 Å². The number of hydrogen-bond donors (Lipinski definition) is 4. The van der Waals surface area contributed by atoms with E-state index in [0.29, 0.717) is 19.3 Å². The second-order valence-corrected chi connectivity index (χ2v) is 19.3. The van der Waals surface area contributed by atoms with E-state index in [1.165, 1.54) is 141 Å². The molecule has 6 atom stereocenters. The van der Waals surface area contributed by atoms with Gasteiger partial charge in [0.05, 0.1) is 6.61 Å². The summed E-state index contributed by atoms with van der Waals surface area (Å²) in [6.07, 6.45) is 36.7. The Hall–Kier alpha value is -1.87. The largest absolute Gasteiger partial charge is 0.462 e. The summed E-state index contributed by atoms with van der Waals surface area (Å²) in [5.41, 5.74) is 0. The highest BCUT2D eigenvalue weighted by molar-refractivity contribution is 7.85. The minimum atomic E-state index is -4.60. The van der Waals surface area contributed by atoms with Crippen LogP contribution >= 0.6 is 0 Å². The molecule has 2 unspecified atom stereocenters. The maximum atomic E-state index is 12.8. The first-order valence-electron chi connectivity index (χ1n) is 25.4. The maximum absolute atomic E-state index is 12.8. The van der Waals surface area contributed by atoms with E-state index in [2.05, 4.69) is 38.2 Å². The third-order valence-corrected chi connectivity index (χ3v) is 12.5. The number of ether oxygens (including phenoxy) is 4. The van der Waals surface area contributed by atoms with Crippen LogP contribution in [0.5, 0.6) is 0 Å². The summed E-state index contributed by atoms with van der Waals surface area (Å²) in [6.45, 7) is 3.75. The lowest BCUT2D eigenvalue weighted by Gasteiger charge is -2.40. The van der Waals surface area contributed by atoms with Crippen molar-refractivity contribution in [3.05, 3.63) is 24.3 Å². The fraction of sp³-hybridized carbons (Fsp3) is 0.880. The summed E-state index contributed by atoms with van der Waals surface area (Å²) in [6, 6.07) is 0. The molecule has 4 N–H and O–H groups in total. The van der Waals surface area contributed by atoms with Gasteiger partial charge >= 0.3 is 11.9 Å². The number of aliphatic hydroxyl groups excluding tert-OH is 3. The fourth-order valence-corrected chi connectivity index (χ4v) is 8.51. The highest BCUT2D eigenvalue weighted by atomic mass is 32.2. The van der Waals surface area contributed by atoms with Crippen LogP contribution in [0.1, 0.15) is 226 Å². The quantitative estimate of drug-likeness (QED) is 0.0197. The number of carbonyl (C=O) groups is 2. The number of carbonyl (C=O) groups excluding carboxylic acids is 2. The fourth-order valence-electron chi connectivity index (χ4n) is 7.82. The Morgan fingerprint density at radius 3 is 1.41 bits per heavy atom. The standard InChI is InChI=1S/C50H92O12S/c1-3-5-7-9-11-13-15-17-18-19-20-21-22-23-24-25-26-27-29-30-32-34-36-38-45(51)59-40-43(41-60-50-49(55)48(54)47(53)44(62-50)42-63(56,57)58)61-46(52)39-37-35-33-31-28-16-14-12-10-8-6-4-2/h25-26,30,32,43-44,47-50,53-55H,3-24,27-29,31,33-42H2,1-2H3,(H,56,57,58)/b26-25+,32-30+/t43-,44-,47-,48?,49?,50+/m1/s1. The summed E-state index contributed by atoms with van der Waals surface area (Å²) >= 11 is 0. The molecular weight excluding hydrogens is 825 g/mol. The van der Waals surface area contributed by atoms with Gasteiger partial charge in [-0.25, -0.2) is 0 Å². The first kappa shape index (κ1) is 59.1. The van der Waals surface area contributed by atoms with Gasteiger partial charge in [-0.2, -0.15) is 8.42 Å². The van der Waals surface area contributed by atoms with Crippen molar-refractivity contribution in [2.75, 3.05) is 19.0 Å². The second-order valence-electron chi connectivity index (χ2n) is 17.8. The third kappa shape index (κ3) is 35.1. The van der Waals surface area contributed by atoms with Crippen LogP contribution in [0.4, 0.5) is 0 Å². The molecular formula is C50H92O12S. The average molecular weight is 917 g/mol. The molecule has 0 aromatic rings. The van der Waals surface area contributed by atoms with Crippen LogP contribution in [0.25, 0.3) is 0 Å². The Bertz CT molecular complexity index is 1260. The van der Waals surface area contributed by atoms with Crippen molar-refractivity contribution in [1.29, 1.82) is 0 Å². The van der Waals surface area contributed by atoms with Gasteiger partial charge in [-0.3, -0.25) is 14.1 Å². The van der Waals surface area contributed by atoms with Crippen LogP contribution in [0.15, 0.2) is 24.3 Å². The lowest BCUT2D eigenvalue weighted by Crippen LogP contribution is -2.60. The van der Waals surface area contributed by atoms with Crippen LogP contribution in [-0.2, 0) is 38.7 Å². The van der Waals surface area contributed by atoms with E-state index in [1.807, 2.05) is 0 Å². The monoisotopic (exact) mass is 917 g/mol. The second kappa shape index (κ2) is 40.4. The summed E-state index contributed by atoms with van der Waals surface area (Å²) in [5, 5.41) is 30.9. The molecule has 1 saturated heterocycles. The smallest absolute Gasteiger partial charge is 0.306 e. The molecule has 13 heteroatoms. The third-order valence-electron chi connectivity index (χ3n) is 11.8. The average Bonchev–Trinajstić information content (AvgIpc) is 3.25. The summed E-state index contributed by atoms with van der Waals surface area (Å²) < 4.78 is 54.1. The number of rotatable bonds is 43. The number of esters is 2. The van der Waals surface area contributed by atoms with Crippen LogP contribution in [0.2, 0.25) is 0 Å². The molecule has 1 aliphatic rings. The van der Waals surface area contributed by atoms with Gasteiger partial charge in [0.15, 0.2) is 12.4 Å². The molecule has 12 nitrogen and oxygen atoms in total. The van der Waals surface area contributed by atoms with Gasteiger partial charge in [0.1, 0.15) is 36.8 Å². The summed E-state index contributed by atoms with van der Waals surface area (Å²) in [7, 11) is -4.60. The number of hydrogen-bond acceptors (Lipinski definition) is 11. The number of unbranched alkanes of at least 4 members (excludes halogenated alkanes) is 27. The minimum absolute atomic E-state index is 0.160. The zero-order valence-electron chi connectivity index (χ0n) is 39.7. The molecule has 0 bridgehead atoms. The van der Waals surface area contributed by atoms with Crippen LogP contribution in [0, 0.1) is 0 Å². The number of allylic oxidation sites excluding steroid dienone is 4. The van der Waals surface area contributed by atoms with Gasteiger partial charge in [-0.15, -0.1) is 0 Å². The highest BCUT2D eigenvalue weighted by Crippen LogP contribution is 2.24. The van der Waals surface area contributed by atoms with Crippen molar-refractivity contribution in [2.45, 2.75) is 263 Å². The summed E-state index contributed by atoms with van der Waals surface area (Å²) in [4.78, 5) is 25.4. The summed E-state index contributed by atoms with van der Waals surface area (Å²) in [5.74, 6) is -2.03. The molecule has 1 heterocycles. The molecule has 63 heavy (non-hydrogen) atoms. The van der Waals surface area contributed by atoms with Crippen LogP contribution in [0.3, 0.4) is 0 Å². The zero-order chi connectivity index (χ0) is 46.2. The molecule has 370 valence electrons. The Morgan fingerprint density at radius 2 is 0.937 bits per heavy atom. The van der Waals surface area contributed by atoms with Gasteiger partial charge in [0.2, 0.25) is 0 Å². The van der Waals surface area contributed by atoms with E-state index in [9.17, 15) is 37.9 Å². The topological polar surface area (TPSA) is 186 Å². The first-order valence-corrected chi connectivity index (χ1v) is 27.0. The molecule has 0 radical (unpaired) electrons. The van der Waals surface area contributed by atoms with Gasteiger partial charge in [-0.1, -0.05) is 192 Å². The molecule has 0 aromatic carbocycles. The number of aliphatic hydroxyl groups is 3. The SMILES string of the molecule is CCCCCCCCCCCCCCCC/C=C/CC/C=C/CCCC(=O)OC[C@H](CO[C@H]1O[C@H](CS(=O)(=O)O)[C@@H](O)C(O)C1O)OC(=O)CCCCCCCCCCCCCC. The zero-order valence-corrected chi connectivity index (χ0v) is 40.5. The molecule has 0 aromatic heterocycles. The van der Waals surface area contributed by atoms with E-state index in [1.54, 1.807) is 0 Å². The minimum Gasteiger partial charge on any atom is -0.462 e. The maximum Gasteiger partial charge on any atom is 0.306 e. The van der Waals surface area contributed by atoms with Crippen molar-refractivity contribution in [2.24, 2.45) is 0 Å². The van der Waals surface area contributed by atoms with E-state index < -0.39 is 71.2 Å². The molecule has 0 amide bonds. The molecule has 1 fully saturated rings. The lowest BCUT2D eigenvalue weighted by molar-refractivity contribution is -0.297. The predicted octanol–water partition coefficient (Wildman–Crippen LogP) is 11.2. The predicted molar refractivity (Wildman–Crippen MR) is 252 cm³/mol. The Balaban J connectivity index is 2.36. The van der Waals surface area contributed by atoms with E-state index in [-0.39, 0.29) is 19.4 Å². The van der Waals surface area contributed by atoms with Gasteiger partial charge in [-0.05, 0) is 44.9 Å². The lowest BCUT2D eigenvalue weighted by atomic mass is 10.00. The van der Waals surface area contributed by atoms with E-state index in [4.69, 9.17) is 18.9 Å². The van der Waals surface area contributed by atoms with Gasteiger partial charge < -0.3 is 34.3 Å². The Morgan fingerprint density at radius 1 is 0.524 bits per heavy atom. The van der Waals surface area contributed by atoms with Gasteiger partial charge in [0.25, 0.3) is 10.1 Å². The Labute approximate surface area is 383 Å². The van der Waals surface area contributed by atoms with Crippen molar-refractivity contribution in [3.63, 3.8) is 0 Å².